The third-order valence-corrected chi connectivity index (χ3v) is 4.21. The van der Waals surface area contributed by atoms with E-state index in [2.05, 4.69) is 5.32 Å². The number of amides is 1. The molecule has 0 bridgehead atoms. The standard InChI is InChI=1S/C20H16Cl2F3NO3/c1-29-7-6-26-19(28)13-4-2-12(3-5-13)18(27)11-17(20(23,24)25)14-8-15(21)10-16(22)9-14/h2-5,8-11H,6-7H2,1H3,(H,26,28)/b17-11+. The van der Waals surface area contributed by atoms with Crippen molar-refractivity contribution in [2.45, 2.75) is 6.18 Å². The number of rotatable bonds is 7. The molecule has 4 nitrogen and oxygen atoms in total. The monoisotopic (exact) mass is 445 g/mol. The van der Waals surface area contributed by atoms with E-state index in [9.17, 15) is 22.8 Å². The first-order valence-electron chi connectivity index (χ1n) is 8.28. The van der Waals surface area contributed by atoms with Crippen molar-refractivity contribution >= 4 is 40.5 Å². The molecule has 29 heavy (non-hydrogen) atoms. The Bertz CT molecular complexity index is 905. The molecule has 9 heteroatoms. The Balaban J connectivity index is 2.28. The van der Waals surface area contributed by atoms with Gasteiger partial charge in [-0.2, -0.15) is 13.2 Å². The number of halogens is 5. The number of methoxy groups -OCH3 is 1. The van der Waals surface area contributed by atoms with Crippen LogP contribution in [0.25, 0.3) is 5.57 Å². The lowest BCUT2D eigenvalue weighted by Gasteiger charge is -2.13. The maximum Gasteiger partial charge on any atom is 0.417 e. The molecule has 0 aliphatic carbocycles. The Hall–Kier alpha value is -2.35. The summed E-state index contributed by atoms with van der Waals surface area (Å²) in [6.45, 7) is 0.636. The minimum Gasteiger partial charge on any atom is -0.383 e. The number of hydrogen-bond acceptors (Lipinski definition) is 3. The van der Waals surface area contributed by atoms with Crippen LogP contribution in [-0.2, 0) is 4.74 Å². The van der Waals surface area contributed by atoms with Crippen molar-refractivity contribution in [3.63, 3.8) is 0 Å². The molecule has 2 aromatic carbocycles. The van der Waals surface area contributed by atoms with Gasteiger partial charge in [-0.3, -0.25) is 9.59 Å². The summed E-state index contributed by atoms with van der Waals surface area (Å²) in [7, 11) is 1.49. The molecule has 0 saturated heterocycles. The van der Waals surface area contributed by atoms with E-state index in [0.29, 0.717) is 19.2 Å². The minimum atomic E-state index is -4.80. The second-order valence-corrected chi connectivity index (χ2v) is 6.78. The van der Waals surface area contributed by atoms with Gasteiger partial charge in [0, 0.05) is 34.8 Å². The molecular formula is C20H16Cl2F3NO3. The number of ketones is 1. The van der Waals surface area contributed by atoms with E-state index >= 15 is 0 Å². The van der Waals surface area contributed by atoms with Gasteiger partial charge in [-0.05, 0) is 42.0 Å². The molecule has 0 aliphatic heterocycles. The third kappa shape index (κ3) is 6.59. The van der Waals surface area contributed by atoms with Gasteiger partial charge in [-0.1, -0.05) is 35.3 Å². The number of nitrogens with one attached hydrogen (secondary N) is 1. The highest BCUT2D eigenvalue weighted by molar-refractivity contribution is 6.35. The van der Waals surface area contributed by atoms with Crippen LogP contribution in [0.5, 0.6) is 0 Å². The topological polar surface area (TPSA) is 55.4 Å². The van der Waals surface area contributed by atoms with Crippen molar-refractivity contribution in [3.05, 3.63) is 75.3 Å². The molecule has 0 radical (unpaired) electrons. The summed E-state index contributed by atoms with van der Waals surface area (Å²) < 4.78 is 45.3. The Morgan fingerprint density at radius 1 is 1.00 bits per heavy atom. The zero-order valence-electron chi connectivity index (χ0n) is 15.1. The minimum absolute atomic E-state index is 0.00619. The van der Waals surface area contributed by atoms with Crippen LogP contribution in [0.2, 0.25) is 10.0 Å². The fourth-order valence-corrected chi connectivity index (χ4v) is 2.93. The highest BCUT2D eigenvalue weighted by atomic mass is 35.5. The molecule has 0 saturated carbocycles. The van der Waals surface area contributed by atoms with E-state index < -0.39 is 17.5 Å². The predicted octanol–water partition coefficient (Wildman–Crippen LogP) is 5.20. The normalized spacial score (nSPS) is 12.0. The molecule has 0 atom stereocenters. The summed E-state index contributed by atoms with van der Waals surface area (Å²) in [5.74, 6) is -1.26. The molecule has 1 N–H and O–H groups in total. The molecule has 0 spiro atoms. The van der Waals surface area contributed by atoms with Crippen molar-refractivity contribution in [1.29, 1.82) is 0 Å². The lowest BCUT2D eigenvalue weighted by molar-refractivity contribution is -0.0689. The number of carbonyl (C=O) groups is 2. The number of hydrogen-bond donors (Lipinski definition) is 1. The summed E-state index contributed by atoms with van der Waals surface area (Å²) >= 11 is 11.6. The van der Waals surface area contributed by atoms with Crippen LogP contribution in [0.4, 0.5) is 13.2 Å². The van der Waals surface area contributed by atoms with Crippen LogP contribution in [0.15, 0.2) is 48.5 Å². The van der Waals surface area contributed by atoms with Crippen LogP contribution in [0.3, 0.4) is 0 Å². The van der Waals surface area contributed by atoms with Gasteiger partial charge in [-0.25, -0.2) is 0 Å². The van der Waals surface area contributed by atoms with Crippen molar-refractivity contribution < 1.29 is 27.5 Å². The second-order valence-electron chi connectivity index (χ2n) is 5.90. The van der Waals surface area contributed by atoms with Crippen LogP contribution < -0.4 is 5.32 Å². The first-order valence-corrected chi connectivity index (χ1v) is 9.04. The van der Waals surface area contributed by atoms with E-state index in [1.165, 1.54) is 37.4 Å². The van der Waals surface area contributed by atoms with Gasteiger partial charge in [-0.15, -0.1) is 0 Å². The maximum atomic E-state index is 13.5. The second kappa shape index (κ2) is 9.91. The molecular weight excluding hydrogens is 430 g/mol. The van der Waals surface area contributed by atoms with E-state index in [-0.39, 0.29) is 32.6 Å². The number of ether oxygens (including phenoxy) is 1. The lowest BCUT2D eigenvalue weighted by atomic mass is 10.0. The summed E-state index contributed by atoms with van der Waals surface area (Å²) in [4.78, 5) is 24.3. The van der Waals surface area contributed by atoms with Gasteiger partial charge >= 0.3 is 6.18 Å². The van der Waals surface area contributed by atoms with E-state index in [0.717, 1.165) is 12.1 Å². The van der Waals surface area contributed by atoms with Crippen LogP contribution in [0.1, 0.15) is 26.3 Å². The van der Waals surface area contributed by atoms with Gasteiger partial charge in [0.05, 0.1) is 12.2 Å². The highest BCUT2D eigenvalue weighted by Crippen LogP contribution is 2.36. The van der Waals surface area contributed by atoms with E-state index in [1.807, 2.05) is 0 Å². The van der Waals surface area contributed by atoms with Crippen LogP contribution in [-0.4, -0.2) is 38.1 Å². The first-order chi connectivity index (χ1) is 13.6. The highest BCUT2D eigenvalue weighted by Gasteiger charge is 2.35. The molecule has 0 unspecified atom stereocenters. The molecule has 1 amide bonds. The SMILES string of the molecule is COCCNC(=O)c1ccc(C(=O)/C=C(\c2cc(Cl)cc(Cl)c2)C(F)(F)F)cc1. The number of allylic oxidation sites excluding steroid dienone is 2. The van der Waals surface area contributed by atoms with Crippen molar-refractivity contribution in [1.82, 2.24) is 5.32 Å². The fraction of sp³-hybridized carbons (Fsp3) is 0.200. The van der Waals surface area contributed by atoms with Crippen molar-refractivity contribution in [3.8, 4) is 0 Å². The third-order valence-electron chi connectivity index (χ3n) is 3.78. The number of alkyl halides is 3. The molecule has 0 aliphatic rings. The van der Waals surface area contributed by atoms with Crippen LogP contribution in [0, 0.1) is 0 Å². The fourth-order valence-electron chi connectivity index (χ4n) is 2.41. The molecule has 0 aromatic heterocycles. The van der Waals surface area contributed by atoms with Gasteiger partial charge in [0.25, 0.3) is 5.91 Å². The predicted molar refractivity (Wildman–Crippen MR) is 105 cm³/mol. The van der Waals surface area contributed by atoms with Gasteiger partial charge in [0.15, 0.2) is 5.78 Å². The molecule has 2 aromatic rings. The number of carbonyl (C=O) groups excluding carboxylic acids is 2. The average molecular weight is 446 g/mol. The van der Waals surface area contributed by atoms with Crippen molar-refractivity contribution in [2.24, 2.45) is 0 Å². The van der Waals surface area contributed by atoms with E-state index in [1.54, 1.807) is 0 Å². The smallest absolute Gasteiger partial charge is 0.383 e. The first kappa shape index (κ1) is 22.9. The largest absolute Gasteiger partial charge is 0.417 e. The molecule has 2 rings (SSSR count). The Morgan fingerprint density at radius 3 is 2.07 bits per heavy atom. The average Bonchev–Trinajstić information content (AvgIpc) is 2.64. The summed E-state index contributed by atoms with van der Waals surface area (Å²) in [6.07, 6.45) is -4.32. The summed E-state index contributed by atoms with van der Waals surface area (Å²) in [5.41, 5.74) is -1.24. The Kier molecular flexibility index (Phi) is 7.84. The van der Waals surface area contributed by atoms with E-state index in [4.69, 9.17) is 27.9 Å². The quantitative estimate of drug-likeness (QED) is 0.362. The molecule has 0 heterocycles. The number of benzene rings is 2. The van der Waals surface area contributed by atoms with Crippen molar-refractivity contribution in [2.75, 3.05) is 20.3 Å². The lowest BCUT2D eigenvalue weighted by Crippen LogP contribution is -2.26. The Labute approximate surface area is 175 Å². The van der Waals surface area contributed by atoms with Gasteiger partial charge < -0.3 is 10.1 Å². The molecule has 154 valence electrons. The summed E-state index contributed by atoms with van der Waals surface area (Å²) in [5, 5.41) is 2.62. The summed E-state index contributed by atoms with van der Waals surface area (Å²) in [6, 6.07) is 8.71. The Morgan fingerprint density at radius 2 is 1.55 bits per heavy atom. The van der Waals surface area contributed by atoms with Gasteiger partial charge in [0.2, 0.25) is 0 Å². The zero-order chi connectivity index (χ0) is 21.6. The van der Waals surface area contributed by atoms with Gasteiger partial charge in [0.1, 0.15) is 0 Å². The maximum absolute atomic E-state index is 13.5. The van der Waals surface area contributed by atoms with Crippen LogP contribution >= 0.6 is 23.2 Å². The zero-order valence-corrected chi connectivity index (χ0v) is 16.7. The molecule has 0 fully saturated rings.